The second-order valence-corrected chi connectivity index (χ2v) is 16.9. The molecule has 3 rings (SSSR count). The summed E-state index contributed by atoms with van der Waals surface area (Å²) in [6.45, 7) is 4.19. The molecule has 3 heterocycles. The number of imide groups is 1. The van der Waals surface area contributed by atoms with Gasteiger partial charge in [-0.25, -0.2) is 4.79 Å². The number of fused-ring (bicyclic) bond motifs is 1. The Morgan fingerprint density at radius 1 is 0.800 bits per heavy atom. The summed E-state index contributed by atoms with van der Waals surface area (Å²) in [5.74, 6) is 11.9. The molecule has 12 heteroatoms. The van der Waals surface area contributed by atoms with Gasteiger partial charge in [0.1, 0.15) is 6.04 Å². The molecule has 3 aliphatic heterocycles. The van der Waals surface area contributed by atoms with E-state index in [-0.39, 0.29) is 36.3 Å². The first-order valence-corrected chi connectivity index (χ1v) is 22.8. The van der Waals surface area contributed by atoms with Crippen molar-refractivity contribution in [2.75, 3.05) is 25.4 Å². The van der Waals surface area contributed by atoms with Crippen molar-refractivity contribution < 1.29 is 24.3 Å². The predicted octanol–water partition coefficient (Wildman–Crippen LogP) is 6.51. The summed E-state index contributed by atoms with van der Waals surface area (Å²) >= 11 is 1.84. The van der Waals surface area contributed by atoms with Crippen LogP contribution in [0.2, 0.25) is 0 Å². The summed E-state index contributed by atoms with van der Waals surface area (Å²) in [6, 6.07) is -0.425. The van der Waals surface area contributed by atoms with Gasteiger partial charge in [-0.1, -0.05) is 109 Å². The Morgan fingerprint density at radius 2 is 1.40 bits per heavy atom. The van der Waals surface area contributed by atoms with Gasteiger partial charge in [0.15, 0.2) is 5.66 Å². The summed E-state index contributed by atoms with van der Waals surface area (Å²) < 4.78 is 0. The van der Waals surface area contributed by atoms with E-state index in [0.29, 0.717) is 44.1 Å². The monoisotopic (exact) mass is 785 g/mol. The highest BCUT2D eigenvalue weighted by Gasteiger charge is 2.43. The quantitative estimate of drug-likeness (QED) is 0.0245. The van der Waals surface area contributed by atoms with Crippen molar-refractivity contribution >= 4 is 35.6 Å². The van der Waals surface area contributed by atoms with Crippen LogP contribution in [0.15, 0.2) is 0 Å². The zero-order valence-electron chi connectivity index (χ0n) is 33.8. The van der Waals surface area contributed by atoms with Crippen LogP contribution >= 0.6 is 11.8 Å². The molecule has 0 aromatic rings. The number of unbranched alkanes of at least 4 members (excludes halogenated alkanes) is 17. The molecular formula is C43H72N6O5S. The maximum Gasteiger partial charge on any atom is 0.320 e. The van der Waals surface area contributed by atoms with Gasteiger partial charge in [0.2, 0.25) is 5.91 Å². The fourth-order valence-electron chi connectivity index (χ4n) is 7.75. The lowest BCUT2D eigenvalue weighted by Crippen LogP contribution is -2.61. The van der Waals surface area contributed by atoms with Crippen LogP contribution in [-0.2, 0) is 14.4 Å². The second-order valence-electron chi connectivity index (χ2n) is 15.6. The molecule has 310 valence electrons. The van der Waals surface area contributed by atoms with Gasteiger partial charge in [-0.15, -0.1) is 0 Å². The molecule has 4 amide bonds. The van der Waals surface area contributed by atoms with Crippen molar-refractivity contribution in [3.63, 3.8) is 0 Å². The topological polar surface area (TPSA) is 161 Å². The Kier molecular flexibility index (Phi) is 24.2. The lowest BCUT2D eigenvalue weighted by Gasteiger charge is -2.28. The number of thioether (sulfide) groups is 1. The van der Waals surface area contributed by atoms with E-state index in [1.54, 1.807) is 0 Å². The Labute approximate surface area is 336 Å². The molecule has 1 unspecified atom stereocenters. The molecule has 3 fully saturated rings. The number of carbonyl (C=O) groups is 4. The van der Waals surface area contributed by atoms with Gasteiger partial charge in [0, 0.05) is 43.4 Å². The standard InChI is InChI=1S/C43H72N6O5S/c1-2-3-4-5-6-7-8-9-10-11-12-13-14-15-16-17-18-19-20-21-24-30-43(45-32-33-46-43)41(53)48-38(50)29-23-22-25-31-44-35(40(51)52)27-26-28-37-39-36(34-55-37)47-42(54)49-39/h35-37,39,44-46H,2-12,17-34H2,1H3,(H,51,52)(H2,47,49,54)(H,48,50,53)/t35?,36-,37-,39-/m0/s1. The Bertz CT molecular complexity index is 1270. The second kappa shape index (κ2) is 28.6. The Morgan fingerprint density at radius 3 is 2.04 bits per heavy atom. The predicted molar refractivity (Wildman–Crippen MR) is 223 cm³/mol. The number of aliphatic carboxylic acids is 1. The number of carbonyl (C=O) groups excluding carboxylic acids is 3. The first kappa shape index (κ1) is 46.6. The van der Waals surface area contributed by atoms with E-state index >= 15 is 0 Å². The maximum atomic E-state index is 13.2. The number of rotatable bonds is 30. The van der Waals surface area contributed by atoms with Crippen molar-refractivity contribution in [1.82, 2.24) is 31.9 Å². The third kappa shape index (κ3) is 19.3. The van der Waals surface area contributed by atoms with Crippen LogP contribution < -0.4 is 31.9 Å². The fraction of sp³-hybridized carbons (Fsp3) is 0.814. The van der Waals surface area contributed by atoms with Gasteiger partial charge in [-0.3, -0.25) is 30.3 Å². The van der Waals surface area contributed by atoms with Crippen LogP contribution in [0.4, 0.5) is 4.79 Å². The van der Waals surface area contributed by atoms with Crippen molar-refractivity contribution in [3.05, 3.63) is 0 Å². The maximum absolute atomic E-state index is 13.2. The highest BCUT2D eigenvalue weighted by Crippen LogP contribution is 2.33. The molecule has 3 aliphatic rings. The average Bonchev–Trinajstić information content (AvgIpc) is 3.90. The zero-order chi connectivity index (χ0) is 39.4. The van der Waals surface area contributed by atoms with Crippen LogP contribution in [0, 0.1) is 23.7 Å². The summed E-state index contributed by atoms with van der Waals surface area (Å²) in [7, 11) is 0. The van der Waals surface area contributed by atoms with Crippen LogP contribution in [0.25, 0.3) is 0 Å². The van der Waals surface area contributed by atoms with E-state index in [1.807, 2.05) is 11.8 Å². The fourth-order valence-corrected chi connectivity index (χ4v) is 9.30. The number of nitrogens with one attached hydrogen (secondary N) is 6. The average molecular weight is 785 g/mol. The first-order valence-electron chi connectivity index (χ1n) is 21.8. The molecule has 0 aromatic heterocycles. The highest BCUT2D eigenvalue weighted by atomic mass is 32.2. The molecule has 55 heavy (non-hydrogen) atoms. The number of urea groups is 1. The van der Waals surface area contributed by atoms with Crippen LogP contribution in [0.5, 0.6) is 0 Å². The SMILES string of the molecule is CCCCCCCCCCCCC#CC#CCCCCCCCC1(C(=O)NC(=O)CCCCCNC(CCC[C@@H]2SC[C@@H]3NC(=O)N[C@@H]32)C(=O)O)NCCN1. The lowest BCUT2D eigenvalue weighted by atomic mass is 10.00. The number of hydrogen-bond donors (Lipinski definition) is 7. The van der Waals surface area contributed by atoms with Gasteiger partial charge in [-0.2, -0.15) is 11.8 Å². The summed E-state index contributed by atoms with van der Waals surface area (Å²) in [5.41, 5.74) is -0.899. The molecule has 11 nitrogen and oxygen atoms in total. The van der Waals surface area contributed by atoms with E-state index in [2.05, 4.69) is 62.5 Å². The van der Waals surface area contributed by atoms with Crippen LogP contribution in [0.3, 0.4) is 0 Å². The lowest BCUT2D eigenvalue weighted by molar-refractivity contribution is -0.140. The number of amides is 4. The third-order valence-corrected chi connectivity index (χ3v) is 12.6. The van der Waals surface area contributed by atoms with Gasteiger partial charge < -0.3 is 21.1 Å². The number of hydrogen-bond acceptors (Lipinski definition) is 8. The first-order chi connectivity index (χ1) is 26.8. The number of carboxylic acids is 1. The van der Waals surface area contributed by atoms with E-state index in [0.717, 1.165) is 76.4 Å². The molecule has 4 atom stereocenters. The molecule has 0 radical (unpaired) electrons. The molecule has 3 saturated heterocycles. The minimum Gasteiger partial charge on any atom is -0.480 e. The largest absolute Gasteiger partial charge is 0.480 e. The molecule has 0 aromatic carbocycles. The Balaban J connectivity index is 1.16. The van der Waals surface area contributed by atoms with Gasteiger partial charge >= 0.3 is 12.0 Å². The van der Waals surface area contributed by atoms with Crippen molar-refractivity contribution in [2.24, 2.45) is 0 Å². The van der Waals surface area contributed by atoms with E-state index < -0.39 is 17.7 Å². The summed E-state index contributed by atoms with van der Waals surface area (Å²) in [4.78, 5) is 49.2. The van der Waals surface area contributed by atoms with Gasteiger partial charge in [-0.05, 0) is 69.8 Å². The summed E-state index contributed by atoms with van der Waals surface area (Å²) in [6.07, 6.45) is 25.6. The highest BCUT2D eigenvalue weighted by molar-refractivity contribution is 8.00. The molecule has 0 aliphatic carbocycles. The summed E-state index contributed by atoms with van der Waals surface area (Å²) in [5, 5.41) is 28.3. The Hall–Kier alpha value is -2.77. The number of carboxylic acid groups (broad SMARTS) is 1. The zero-order valence-corrected chi connectivity index (χ0v) is 34.6. The van der Waals surface area contributed by atoms with E-state index in [1.165, 1.54) is 64.2 Å². The minimum absolute atomic E-state index is 0.109. The minimum atomic E-state index is -0.899. The van der Waals surface area contributed by atoms with Crippen molar-refractivity contribution in [1.29, 1.82) is 0 Å². The molecule has 0 bridgehead atoms. The van der Waals surface area contributed by atoms with Crippen molar-refractivity contribution in [2.45, 2.75) is 196 Å². The smallest absolute Gasteiger partial charge is 0.320 e. The van der Waals surface area contributed by atoms with Crippen LogP contribution in [0.1, 0.15) is 167 Å². The van der Waals surface area contributed by atoms with Crippen molar-refractivity contribution in [3.8, 4) is 23.7 Å². The van der Waals surface area contributed by atoms with Gasteiger partial charge in [0.05, 0.1) is 12.1 Å². The molecule has 0 spiro atoms. The van der Waals surface area contributed by atoms with Crippen LogP contribution in [-0.4, -0.2) is 83.3 Å². The van der Waals surface area contributed by atoms with E-state index in [9.17, 15) is 24.3 Å². The molecular weight excluding hydrogens is 713 g/mol. The van der Waals surface area contributed by atoms with E-state index in [4.69, 9.17) is 0 Å². The molecule has 7 N–H and O–H groups in total. The molecule has 0 saturated carbocycles. The normalized spacial score (nSPS) is 20.0. The van der Waals surface area contributed by atoms with Gasteiger partial charge in [0.25, 0.3) is 5.91 Å². The third-order valence-electron chi connectivity index (χ3n) is 11.1.